The maximum Gasteiger partial charge on any atom is 0.369 e. The molecule has 1 fully saturated rings. The summed E-state index contributed by atoms with van der Waals surface area (Å²) in [5, 5.41) is 46.7. The minimum absolute atomic E-state index is 0.0170. The highest BCUT2D eigenvalue weighted by Crippen LogP contribution is 2.39. The molecule has 45 heavy (non-hydrogen) atoms. The van der Waals surface area contributed by atoms with E-state index in [1.165, 1.54) is 35.3 Å². The summed E-state index contributed by atoms with van der Waals surface area (Å²) in [6, 6.07) is 4.96. The number of methoxy groups -OCH3 is 1. The Kier molecular flexibility index (Phi) is 9.97. The maximum atomic E-state index is 15.1. The zero-order chi connectivity index (χ0) is 33.1. The first kappa shape index (κ1) is 33.2. The van der Waals surface area contributed by atoms with Gasteiger partial charge in [-0.3, -0.25) is 24.4 Å². The molecule has 17 heteroatoms. The van der Waals surface area contributed by atoms with Crippen LogP contribution in [0.15, 0.2) is 24.3 Å². The number of aliphatic hydroxyl groups is 3. The number of aryl methyl sites for hydroxylation is 1. The van der Waals surface area contributed by atoms with Crippen molar-refractivity contribution in [2.24, 2.45) is 13.0 Å². The van der Waals surface area contributed by atoms with E-state index < -0.39 is 23.5 Å². The molecule has 0 atom stereocenters. The summed E-state index contributed by atoms with van der Waals surface area (Å²) in [5.41, 5.74) is -0.0829. The number of carbonyl (C=O) groups excluding carboxylic acids is 3. The minimum Gasteiger partial charge on any atom is -0.494 e. The fraction of sp³-hybridized carbons (Fsp3) is 0.429. The Morgan fingerprint density at radius 2 is 1.78 bits per heavy atom. The van der Waals surface area contributed by atoms with Crippen LogP contribution in [0.1, 0.15) is 40.2 Å². The van der Waals surface area contributed by atoms with Crippen molar-refractivity contribution in [1.29, 1.82) is 0 Å². The second-order valence-electron chi connectivity index (χ2n) is 10.9. The molecule has 1 aliphatic carbocycles. The van der Waals surface area contributed by atoms with Gasteiger partial charge in [-0.25, -0.2) is 4.39 Å². The first-order valence-electron chi connectivity index (χ1n) is 13.9. The predicted octanol–water partition coefficient (Wildman–Crippen LogP) is 0.459. The molecule has 4 rings (SSSR count). The number of amides is 3. The Labute approximate surface area is 257 Å². The number of benzene rings is 1. The standard InChI is InChI=1S/C28H36FN9O7/c1-36(2)9-6-10-37(3)27(41)21-13-18(35-38(21)4)17-11-16(29)12-20(24(17)45-5)30-19-14-22(31-25(39)15-7-8-15)33-34-23(19)26(40)32-28(42,43)44/h11-15,42-44H,6-10H2,1-5H3,(H,32,40)(H2,30,31,33,39). The Bertz CT molecular complexity index is 1580. The van der Waals surface area contributed by atoms with Crippen molar-refractivity contribution in [1.82, 2.24) is 35.1 Å². The highest BCUT2D eigenvalue weighted by Gasteiger charge is 2.31. The highest BCUT2D eigenvalue weighted by molar-refractivity contribution is 6.00. The third kappa shape index (κ3) is 8.48. The van der Waals surface area contributed by atoms with Crippen LogP contribution in [-0.2, 0) is 11.8 Å². The fourth-order valence-corrected chi connectivity index (χ4v) is 4.46. The molecule has 0 aliphatic heterocycles. The molecule has 2 heterocycles. The second kappa shape index (κ2) is 13.5. The van der Waals surface area contributed by atoms with Crippen molar-refractivity contribution in [2.45, 2.75) is 25.4 Å². The van der Waals surface area contributed by atoms with E-state index in [1.54, 1.807) is 19.0 Å². The topological polar surface area (TPSA) is 207 Å². The molecule has 0 unspecified atom stereocenters. The van der Waals surface area contributed by atoms with Crippen LogP contribution < -0.4 is 20.7 Å². The van der Waals surface area contributed by atoms with Crippen molar-refractivity contribution in [2.75, 3.05) is 52.0 Å². The van der Waals surface area contributed by atoms with Gasteiger partial charge >= 0.3 is 6.10 Å². The first-order chi connectivity index (χ1) is 21.2. The quantitative estimate of drug-likeness (QED) is 0.143. The summed E-state index contributed by atoms with van der Waals surface area (Å²) in [6.07, 6.45) is -1.38. The van der Waals surface area contributed by atoms with E-state index in [0.29, 0.717) is 19.4 Å². The number of nitrogens with zero attached hydrogens (tertiary/aromatic N) is 6. The zero-order valence-electron chi connectivity index (χ0n) is 25.5. The van der Waals surface area contributed by atoms with Gasteiger partial charge in [-0.2, -0.15) is 5.10 Å². The molecule has 1 aromatic carbocycles. The molecule has 0 bridgehead atoms. The number of hydrogen-bond donors (Lipinski definition) is 6. The number of hydrogen-bond acceptors (Lipinski definition) is 12. The van der Waals surface area contributed by atoms with Crippen LogP contribution in [-0.4, -0.2) is 110 Å². The smallest absolute Gasteiger partial charge is 0.369 e. The molecule has 0 radical (unpaired) electrons. The molecule has 0 spiro atoms. The molecular weight excluding hydrogens is 593 g/mol. The number of anilines is 3. The Morgan fingerprint density at radius 3 is 2.40 bits per heavy atom. The number of nitrogens with one attached hydrogen (secondary N) is 3. The summed E-state index contributed by atoms with van der Waals surface area (Å²) in [6.45, 7) is 1.31. The summed E-state index contributed by atoms with van der Waals surface area (Å²) in [4.78, 5) is 41.8. The van der Waals surface area contributed by atoms with Crippen molar-refractivity contribution in [3.63, 3.8) is 0 Å². The normalized spacial score (nSPS) is 13.0. The molecule has 2 aromatic heterocycles. The van der Waals surface area contributed by atoms with Crippen LogP contribution in [0.2, 0.25) is 0 Å². The molecular formula is C28H36FN9O7. The fourth-order valence-electron chi connectivity index (χ4n) is 4.46. The van der Waals surface area contributed by atoms with E-state index in [-0.39, 0.29) is 57.6 Å². The van der Waals surface area contributed by atoms with Gasteiger partial charge in [0, 0.05) is 44.3 Å². The van der Waals surface area contributed by atoms with E-state index >= 15 is 4.39 Å². The second-order valence-corrected chi connectivity index (χ2v) is 10.9. The highest BCUT2D eigenvalue weighted by atomic mass is 19.1. The molecule has 0 saturated heterocycles. The van der Waals surface area contributed by atoms with Crippen LogP contribution in [0.4, 0.5) is 21.6 Å². The Balaban J connectivity index is 1.70. The van der Waals surface area contributed by atoms with Crippen LogP contribution in [0.25, 0.3) is 11.3 Å². The molecule has 1 aliphatic rings. The number of aromatic nitrogens is 4. The van der Waals surface area contributed by atoms with Gasteiger partial charge < -0.3 is 40.5 Å². The molecule has 3 aromatic rings. The molecule has 242 valence electrons. The van der Waals surface area contributed by atoms with E-state index in [9.17, 15) is 29.7 Å². The maximum absolute atomic E-state index is 15.1. The molecule has 3 amide bonds. The van der Waals surface area contributed by atoms with Gasteiger partial charge in [0.1, 0.15) is 11.5 Å². The van der Waals surface area contributed by atoms with Gasteiger partial charge in [-0.15, -0.1) is 10.2 Å². The van der Waals surface area contributed by atoms with Gasteiger partial charge in [0.2, 0.25) is 5.91 Å². The van der Waals surface area contributed by atoms with Crippen molar-refractivity contribution in [3.8, 4) is 17.0 Å². The van der Waals surface area contributed by atoms with Crippen LogP contribution in [0.3, 0.4) is 0 Å². The summed E-state index contributed by atoms with van der Waals surface area (Å²) in [7, 11) is 8.49. The lowest BCUT2D eigenvalue weighted by Crippen LogP contribution is -2.48. The van der Waals surface area contributed by atoms with Crippen LogP contribution in [0, 0.1) is 11.7 Å². The summed E-state index contributed by atoms with van der Waals surface area (Å²) < 4.78 is 22.1. The molecule has 6 N–H and O–H groups in total. The number of halogens is 1. The van der Waals surface area contributed by atoms with Crippen LogP contribution in [0.5, 0.6) is 5.75 Å². The van der Waals surface area contributed by atoms with E-state index in [1.807, 2.05) is 19.0 Å². The molecule has 1 saturated carbocycles. The Morgan fingerprint density at radius 1 is 1.07 bits per heavy atom. The Hall–Kier alpha value is -4.71. The lowest BCUT2D eigenvalue weighted by Gasteiger charge is -2.19. The van der Waals surface area contributed by atoms with Gasteiger partial charge in [0.15, 0.2) is 17.3 Å². The number of ether oxygens (including phenoxy) is 1. The predicted molar refractivity (Wildman–Crippen MR) is 159 cm³/mol. The van der Waals surface area contributed by atoms with Crippen molar-refractivity contribution < 1.29 is 38.8 Å². The summed E-state index contributed by atoms with van der Waals surface area (Å²) >= 11 is 0. The number of carbonyl (C=O) groups is 3. The van der Waals surface area contributed by atoms with Crippen molar-refractivity contribution >= 4 is 34.9 Å². The van der Waals surface area contributed by atoms with E-state index in [0.717, 1.165) is 19.0 Å². The number of rotatable bonds is 13. The van der Waals surface area contributed by atoms with Gasteiger partial charge in [0.05, 0.1) is 24.2 Å². The lowest BCUT2D eigenvalue weighted by atomic mass is 10.1. The third-order valence-electron chi connectivity index (χ3n) is 6.84. The zero-order valence-corrected chi connectivity index (χ0v) is 25.5. The lowest BCUT2D eigenvalue weighted by molar-refractivity contribution is -0.323. The monoisotopic (exact) mass is 629 g/mol. The van der Waals surface area contributed by atoms with Gasteiger partial charge in [-0.1, -0.05) is 0 Å². The summed E-state index contributed by atoms with van der Waals surface area (Å²) in [5.74, 6) is -2.74. The first-order valence-corrected chi connectivity index (χ1v) is 13.9. The average Bonchev–Trinajstić information content (AvgIpc) is 3.73. The van der Waals surface area contributed by atoms with Gasteiger partial charge in [0.25, 0.3) is 11.8 Å². The molecule has 16 nitrogen and oxygen atoms in total. The largest absolute Gasteiger partial charge is 0.494 e. The van der Waals surface area contributed by atoms with Crippen molar-refractivity contribution in [3.05, 3.63) is 41.5 Å². The van der Waals surface area contributed by atoms with E-state index in [4.69, 9.17) is 4.74 Å². The van der Waals surface area contributed by atoms with E-state index in [2.05, 4.69) is 25.9 Å². The SMILES string of the molecule is COc1c(Nc2cc(NC(=O)C3CC3)nnc2C(=O)NC(O)(O)O)cc(F)cc1-c1cc(C(=O)N(C)CCCN(C)C)n(C)n1. The van der Waals surface area contributed by atoms with Gasteiger partial charge in [-0.05, 0) is 52.0 Å². The minimum atomic E-state index is -3.58. The third-order valence-corrected chi connectivity index (χ3v) is 6.84. The average molecular weight is 630 g/mol. The van der Waals surface area contributed by atoms with Crippen LogP contribution >= 0.6 is 0 Å².